The van der Waals surface area contributed by atoms with Gasteiger partial charge in [0.15, 0.2) is 11.5 Å². The third-order valence-corrected chi connectivity index (χ3v) is 10.6. The molecule has 0 aliphatic heterocycles. The van der Waals surface area contributed by atoms with Crippen LogP contribution in [0.5, 0.6) is 11.5 Å². The van der Waals surface area contributed by atoms with Crippen molar-refractivity contribution in [1.82, 2.24) is 9.97 Å². The molecule has 0 radical (unpaired) electrons. The summed E-state index contributed by atoms with van der Waals surface area (Å²) in [6, 6.07) is 30.7. The molecule has 0 unspecified atom stereocenters. The van der Waals surface area contributed by atoms with Gasteiger partial charge in [-0.1, -0.05) is 0 Å². The minimum Gasteiger partial charge on any atom is -0.377 e. The summed E-state index contributed by atoms with van der Waals surface area (Å²) >= 11 is 0. The van der Waals surface area contributed by atoms with Crippen LogP contribution in [0, 0.1) is 0 Å². The minimum absolute atomic E-state index is 0.00241. The van der Waals surface area contributed by atoms with Crippen molar-refractivity contribution >= 4 is 88.0 Å². The van der Waals surface area contributed by atoms with Gasteiger partial charge >= 0.3 is 20.2 Å². The molecule has 0 saturated carbocycles. The maximum Gasteiger partial charge on any atom is 0.339 e. The summed E-state index contributed by atoms with van der Waals surface area (Å²) in [7, 11) is -8.48. The Bertz CT molecular complexity index is 2780. The smallest absolute Gasteiger partial charge is 0.339 e. The summed E-state index contributed by atoms with van der Waals surface area (Å²) < 4.78 is 63.3. The SMILES string of the molecule is CC(=O)Nc1ccc(S(=O)(=O)Oc2ccc(N=Nc3ccc(N=Nc4ccc(OS(=O)(=O)c5ccc(NC(C)=O)cc5)c5ncccc45)cc3)c3cccnc23)cc1. The number of anilines is 2. The lowest BCUT2D eigenvalue weighted by atomic mass is 10.2. The number of fused-ring (bicyclic) bond motifs is 2. The molecule has 0 bridgehead atoms. The first-order chi connectivity index (χ1) is 27.8. The predicted octanol–water partition coefficient (Wildman–Crippen LogP) is 9.07. The van der Waals surface area contributed by atoms with Crippen LogP contribution < -0.4 is 19.0 Å². The number of carbonyl (C=O) groups is 2. The van der Waals surface area contributed by atoms with E-state index in [1.54, 1.807) is 60.7 Å². The third-order valence-electron chi connectivity index (χ3n) is 8.14. The molecule has 18 heteroatoms. The van der Waals surface area contributed by atoms with Gasteiger partial charge < -0.3 is 19.0 Å². The van der Waals surface area contributed by atoms with Crippen molar-refractivity contribution in [3.8, 4) is 11.5 Å². The number of carbonyl (C=O) groups excluding carboxylic acids is 2. The van der Waals surface area contributed by atoms with E-state index in [0.29, 0.717) is 44.9 Å². The average Bonchev–Trinajstić information content (AvgIpc) is 3.20. The van der Waals surface area contributed by atoms with E-state index in [0.717, 1.165) is 0 Å². The Hall–Kier alpha value is -7.44. The molecule has 2 amide bonds. The van der Waals surface area contributed by atoms with Gasteiger partial charge in [0.25, 0.3) is 0 Å². The lowest BCUT2D eigenvalue weighted by Gasteiger charge is -2.11. The average molecular weight is 815 g/mol. The Morgan fingerprint density at radius 2 is 0.879 bits per heavy atom. The molecular weight excluding hydrogens is 785 g/mol. The van der Waals surface area contributed by atoms with Crippen molar-refractivity contribution in [2.24, 2.45) is 20.5 Å². The molecule has 0 fully saturated rings. The number of pyridine rings is 2. The fourth-order valence-corrected chi connectivity index (χ4v) is 7.40. The summed E-state index contributed by atoms with van der Waals surface area (Å²) in [4.78, 5) is 31.1. The van der Waals surface area contributed by atoms with Crippen LogP contribution in [0.1, 0.15) is 13.8 Å². The van der Waals surface area contributed by atoms with Gasteiger partial charge in [-0.15, -0.1) is 10.2 Å². The van der Waals surface area contributed by atoms with E-state index >= 15 is 0 Å². The van der Waals surface area contributed by atoms with Gasteiger partial charge in [-0.25, -0.2) is 0 Å². The number of nitrogens with one attached hydrogen (secondary N) is 2. The molecule has 5 aromatic carbocycles. The second-order valence-corrected chi connectivity index (χ2v) is 15.5. The monoisotopic (exact) mass is 814 g/mol. The van der Waals surface area contributed by atoms with E-state index in [9.17, 15) is 26.4 Å². The zero-order valence-corrected chi connectivity index (χ0v) is 32.1. The predicted molar refractivity (Wildman–Crippen MR) is 215 cm³/mol. The van der Waals surface area contributed by atoms with Crippen LogP contribution in [-0.2, 0) is 29.8 Å². The number of nitrogens with zero attached hydrogens (tertiary/aromatic N) is 6. The van der Waals surface area contributed by atoms with Gasteiger partial charge in [0.05, 0.1) is 22.7 Å². The topological polar surface area (TPSA) is 220 Å². The molecule has 2 N–H and O–H groups in total. The molecule has 58 heavy (non-hydrogen) atoms. The number of hydrogen-bond acceptors (Lipinski definition) is 14. The highest BCUT2D eigenvalue weighted by Crippen LogP contribution is 2.36. The Morgan fingerprint density at radius 1 is 0.500 bits per heavy atom. The first kappa shape index (κ1) is 38.8. The van der Waals surface area contributed by atoms with E-state index in [1.165, 1.54) is 86.9 Å². The largest absolute Gasteiger partial charge is 0.377 e. The Balaban J connectivity index is 1.05. The molecular formula is C40H30N8O8S2. The van der Waals surface area contributed by atoms with Gasteiger partial charge in [-0.2, -0.15) is 27.1 Å². The van der Waals surface area contributed by atoms with E-state index in [1.807, 2.05) is 0 Å². The third kappa shape index (κ3) is 8.99. The second kappa shape index (κ2) is 16.3. The van der Waals surface area contributed by atoms with Crippen molar-refractivity contribution in [2.45, 2.75) is 23.6 Å². The standard InChI is InChI=1S/C40H30N8O8S2/c1-25(49)43-27-11-15-31(16-12-27)57(51,52)55-37-21-19-35(33-5-3-23-41-39(33)37)47-45-29-7-9-30(10-8-29)46-48-36-20-22-38(40-34(36)6-4-24-42-40)56-58(53,54)32-17-13-28(14-18-32)44-26(2)50/h3-24H,1-2H3,(H,43,49)(H,44,50). The molecule has 0 saturated heterocycles. The highest BCUT2D eigenvalue weighted by molar-refractivity contribution is 7.87. The molecule has 16 nitrogen and oxygen atoms in total. The molecule has 7 rings (SSSR count). The van der Waals surface area contributed by atoms with Gasteiger partial charge in [0.2, 0.25) is 11.8 Å². The van der Waals surface area contributed by atoms with Crippen LogP contribution in [0.4, 0.5) is 34.1 Å². The molecule has 0 aliphatic carbocycles. The number of hydrogen-bond donors (Lipinski definition) is 2. The Kier molecular flexibility index (Phi) is 10.9. The lowest BCUT2D eigenvalue weighted by Crippen LogP contribution is -2.11. The maximum absolute atomic E-state index is 13.1. The highest BCUT2D eigenvalue weighted by Gasteiger charge is 2.21. The van der Waals surface area contributed by atoms with Crippen LogP contribution in [0.2, 0.25) is 0 Å². The fourth-order valence-electron chi connectivity index (χ4n) is 5.53. The van der Waals surface area contributed by atoms with Crippen molar-refractivity contribution in [3.63, 3.8) is 0 Å². The van der Waals surface area contributed by atoms with Gasteiger partial charge in [-0.05, 0) is 121 Å². The molecule has 0 aliphatic rings. The summed E-state index contributed by atoms with van der Waals surface area (Å²) in [5.41, 5.74) is 3.20. The number of amides is 2. The Labute approximate surface area is 331 Å². The molecule has 2 heterocycles. The van der Waals surface area contributed by atoms with Gasteiger partial charge in [-0.3, -0.25) is 19.6 Å². The zero-order chi connectivity index (χ0) is 40.9. The van der Waals surface area contributed by atoms with Crippen LogP contribution >= 0.6 is 0 Å². The molecule has 0 spiro atoms. The normalized spacial score (nSPS) is 11.9. The van der Waals surface area contributed by atoms with Gasteiger partial charge in [0, 0.05) is 48.4 Å². The zero-order valence-electron chi connectivity index (χ0n) is 30.5. The first-order valence-electron chi connectivity index (χ1n) is 17.2. The molecule has 2 aromatic heterocycles. The summed E-state index contributed by atoms with van der Waals surface area (Å²) in [6.45, 7) is 2.70. The van der Waals surface area contributed by atoms with Crippen LogP contribution in [0.3, 0.4) is 0 Å². The lowest BCUT2D eigenvalue weighted by molar-refractivity contribution is -0.115. The molecule has 0 atom stereocenters. The first-order valence-corrected chi connectivity index (χ1v) is 20.0. The van der Waals surface area contributed by atoms with E-state index in [2.05, 4.69) is 41.1 Å². The minimum atomic E-state index is -4.24. The van der Waals surface area contributed by atoms with Crippen molar-refractivity contribution in [3.05, 3.63) is 134 Å². The fraction of sp³-hybridized carbons (Fsp3) is 0.0500. The summed E-state index contributed by atoms with van der Waals surface area (Å²) in [5.74, 6) is -0.578. The molecule has 290 valence electrons. The summed E-state index contributed by atoms with van der Waals surface area (Å²) in [5, 5.41) is 23.6. The van der Waals surface area contributed by atoms with Crippen molar-refractivity contribution < 1.29 is 34.8 Å². The summed E-state index contributed by atoms with van der Waals surface area (Å²) in [6.07, 6.45) is 3.01. The van der Waals surface area contributed by atoms with Crippen LogP contribution in [0.15, 0.2) is 164 Å². The van der Waals surface area contributed by atoms with E-state index < -0.39 is 20.2 Å². The highest BCUT2D eigenvalue weighted by atomic mass is 32.2. The van der Waals surface area contributed by atoms with Crippen molar-refractivity contribution in [1.29, 1.82) is 0 Å². The number of aromatic nitrogens is 2. The number of benzene rings is 5. The number of rotatable bonds is 12. The van der Waals surface area contributed by atoms with Crippen molar-refractivity contribution in [2.75, 3.05) is 10.6 Å². The quantitative estimate of drug-likeness (QED) is 0.0880. The van der Waals surface area contributed by atoms with Crippen LogP contribution in [0.25, 0.3) is 21.8 Å². The van der Waals surface area contributed by atoms with E-state index in [-0.39, 0.29) is 44.1 Å². The molecule has 7 aromatic rings. The van der Waals surface area contributed by atoms with Gasteiger partial charge in [0.1, 0.15) is 20.8 Å². The number of azo groups is 2. The van der Waals surface area contributed by atoms with E-state index in [4.69, 9.17) is 8.37 Å². The maximum atomic E-state index is 13.1. The second-order valence-electron chi connectivity index (χ2n) is 12.4. The Morgan fingerprint density at radius 3 is 1.24 bits per heavy atom. The van der Waals surface area contributed by atoms with Crippen LogP contribution in [-0.4, -0.2) is 38.6 Å².